The van der Waals surface area contributed by atoms with Gasteiger partial charge >= 0.3 is 0 Å². The smallest absolute Gasteiger partial charge is 0.123 e. The molecule has 1 aromatic heterocycles. The maximum absolute atomic E-state index is 9.88. The molecule has 2 nitrogen and oxygen atoms in total. The molecule has 0 saturated carbocycles. The van der Waals surface area contributed by atoms with E-state index in [-0.39, 0.29) is 0 Å². The van der Waals surface area contributed by atoms with Crippen LogP contribution in [0.2, 0.25) is 0 Å². The molecule has 2 aromatic rings. The molecule has 0 radical (unpaired) electrons. The minimum Gasteiger partial charge on any atom is -0.507 e. The number of hydrogen-bond acceptors (Lipinski definition) is 2. The van der Waals surface area contributed by atoms with Crippen LogP contribution < -0.4 is 0 Å². The molecular weight excluding hydrogens is 186 g/mol. The number of rotatable bonds is 0. The number of benzene rings is 1. The number of phenols is 1. The molecule has 15 heavy (non-hydrogen) atoms. The van der Waals surface area contributed by atoms with Crippen molar-refractivity contribution >= 4 is 0 Å². The van der Waals surface area contributed by atoms with Crippen LogP contribution in [-0.4, -0.2) is 10.1 Å². The number of pyridine rings is 1. The van der Waals surface area contributed by atoms with Crippen LogP contribution in [0.15, 0.2) is 36.5 Å². The fourth-order valence-electron chi connectivity index (χ4n) is 2.22. The van der Waals surface area contributed by atoms with Crippen molar-refractivity contribution in [3.63, 3.8) is 0 Å². The van der Waals surface area contributed by atoms with E-state index < -0.39 is 0 Å². The molecule has 1 aromatic carbocycles. The Labute approximate surface area is 88.2 Å². The lowest BCUT2D eigenvalue weighted by molar-refractivity contribution is 0.476. The molecule has 2 heteroatoms. The summed E-state index contributed by atoms with van der Waals surface area (Å²) in [4.78, 5) is 4.35. The van der Waals surface area contributed by atoms with Crippen LogP contribution in [0.25, 0.3) is 11.1 Å². The topological polar surface area (TPSA) is 33.1 Å². The molecule has 1 aliphatic rings. The summed E-state index contributed by atoms with van der Waals surface area (Å²) in [6.45, 7) is 0. The van der Waals surface area contributed by atoms with Gasteiger partial charge in [-0.05, 0) is 30.5 Å². The van der Waals surface area contributed by atoms with E-state index in [1.165, 1.54) is 5.56 Å². The first-order valence-corrected chi connectivity index (χ1v) is 5.11. The van der Waals surface area contributed by atoms with E-state index in [0.29, 0.717) is 5.75 Å². The van der Waals surface area contributed by atoms with Crippen molar-refractivity contribution in [3.8, 4) is 16.9 Å². The molecule has 1 heterocycles. The molecule has 0 saturated heterocycles. The van der Waals surface area contributed by atoms with Gasteiger partial charge in [0.05, 0.1) is 0 Å². The number of nitrogens with zero attached hydrogens (tertiary/aromatic N) is 1. The average Bonchev–Trinajstić information content (AvgIpc) is 2.29. The van der Waals surface area contributed by atoms with Gasteiger partial charge in [0.25, 0.3) is 0 Å². The summed E-state index contributed by atoms with van der Waals surface area (Å²) in [6.07, 6.45) is 3.74. The lowest BCUT2D eigenvalue weighted by Crippen LogP contribution is -2.05. The summed E-state index contributed by atoms with van der Waals surface area (Å²) in [7, 11) is 0. The first-order valence-electron chi connectivity index (χ1n) is 5.11. The zero-order valence-electron chi connectivity index (χ0n) is 8.27. The fraction of sp³-hybridized carbons (Fsp3) is 0.154. The van der Waals surface area contributed by atoms with Crippen LogP contribution in [0.5, 0.6) is 5.75 Å². The minimum absolute atomic E-state index is 0.362. The SMILES string of the molecule is Oc1cccc2c1-c1cccnc1CC2. The molecule has 0 amide bonds. The Kier molecular flexibility index (Phi) is 1.75. The summed E-state index contributed by atoms with van der Waals surface area (Å²) in [5, 5.41) is 9.88. The van der Waals surface area contributed by atoms with Gasteiger partial charge in [-0.1, -0.05) is 18.2 Å². The predicted molar refractivity (Wildman–Crippen MR) is 58.7 cm³/mol. The van der Waals surface area contributed by atoms with Crippen LogP contribution in [0, 0.1) is 0 Å². The van der Waals surface area contributed by atoms with E-state index >= 15 is 0 Å². The molecular formula is C13H11NO. The first-order chi connectivity index (χ1) is 7.36. The Balaban J connectivity index is 2.33. The van der Waals surface area contributed by atoms with Gasteiger partial charge in [-0.2, -0.15) is 0 Å². The third-order valence-electron chi connectivity index (χ3n) is 2.92. The van der Waals surface area contributed by atoms with E-state index in [1.807, 2.05) is 24.4 Å². The quantitative estimate of drug-likeness (QED) is 0.704. The largest absolute Gasteiger partial charge is 0.507 e. The highest BCUT2D eigenvalue weighted by atomic mass is 16.3. The Morgan fingerprint density at radius 3 is 2.93 bits per heavy atom. The summed E-state index contributed by atoms with van der Waals surface area (Å²) in [5.41, 5.74) is 4.35. The molecule has 0 atom stereocenters. The van der Waals surface area contributed by atoms with Gasteiger partial charge in [-0.15, -0.1) is 0 Å². The van der Waals surface area contributed by atoms with Gasteiger partial charge < -0.3 is 5.11 Å². The highest BCUT2D eigenvalue weighted by Crippen LogP contribution is 2.38. The molecule has 0 unspecified atom stereocenters. The zero-order valence-corrected chi connectivity index (χ0v) is 8.27. The zero-order chi connectivity index (χ0) is 10.3. The normalized spacial score (nSPS) is 13.1. The summed E-state index contributed by atoms with van der Waals surface area (Å²) < 4.78 is 0. The molecule has 1 aliphatic carbocycles. The summed E-state index contributed by atoms with van der Waals surface area (Å²) in [5.74, 6) is 0.362. The lowest BCUT2D eigenvalue weighted by Gasteiger charge is -2.19. The molecule has 0 spiro atoms. The second-order valence-corrected chi connectivity index (χ2v) is 3.81. The van der Waals surface area contributed by atoms with E-state index in [2.05, 4.69) is 11.1 Å². The van der Waals surface area contributed by atoms with Crippen molar-refractivity contribution in [3.05, 3.63) is 47.8 Å². The van der Waals surface area contributed by atoms with Crippen LogP contribution in [0.4, 0.5) is 0 Å². The third-order valence-corrected chi connectivity index (χ3v) is 2.92. The van der Waals surface area contributed by atoms with Crippen molar-refractivity contribution in [2.45, 2.75) is 12.8 Å². The minimum atomic E-state index is 0.362. The van der Waals surface area contributed by atoms with Crippen molar-refractivity contribution < 1.29 is 5.11 Å². The highest BCUT2D eigenvalue weighted by molar-refractivity contribution is 5.77. The first kappa shape index (κ1) is 8.48. The second kappa shape index (κ2) is 3.09. The van der Waals surface area contributed by atoms with Gasteiger partial charge in [0.15, 0.2) is 0 Å². The third kappa shape index (κ3) is 1.22. The van der Waals surface area contributed by atoms with E-state index in [9.17, 15) is 5.11 Å². The molecule has 1 N–H and O–H groups in total. The van der Waals surface area contributed by atoms with Crippen molar-refractivity contribution in [1.29, 1.82) is 0 Å². The molecule has 3 rings (SSSR count). The maximum Gasteiger partial charge on any atom is 0.123 e. The van der Waals surface area contributed by atoms with Crippen LogP contribution in [-0.2, 0) is 12.8 Å². The number of phenolic OH excluding ortho intramolecular Hbond substituents is 1. The molecule has 0 bridgehead atoms. The second-order valence-electron chi connectivity index (χ2n) is 3.81. The summed E-state index contributed by atoms with van der Waals surface area (Å²) in [6, 6.07) is 9.65. The van der Waals surface area contributed by atoms with E-state index in [1.54, 1.807) is 6.07 Å². The van der Waals surface area contributed by atoms with Gasteiger partial charge in [0.1, 0.15) is 5.75 Å². The van der Waals surface area contributed by atoms with Crippen molar-refractivity contribution in [2.75, 3.05) is 0 Å². The predicted octanol–water partition coefficient (Wildman–Crippen LogP) is 2.55. The Morgan fingerprint density at radius 2 is 2.00 bits per heavy atom. The van der Waals surface area contributed by atoms with Gasteiger partial charge in [-0.25, -0.2) is 0 Å². The van der Waals surface area contributed by atoms with Crippen LogP contribution in [0.1, 0.15) is 11.3 Å². The van der Waals surface area contributed by atoms with Crippen LogP contribution >= 0.6 is 0 Å². The molecule has 74 valence electrons. The monoisotopic (exact) mass is 197 g/mol. The number of aromatic hydroxyl groups is 1. The maximum atomic E-state index is 9.88. The number of hydrogen-bond donors (Lipinski definition) is 1. The van der Waals surface area contributed by atoms with E-state index in [4.69, 9.17) is 0 Å². The Hall–Kier alpha value is -1.83. The lowest BCUT2D eigenvalue weighted by atomic mass is 9.88. The van der Waals surface area contributed by atoms with Crippen molar-refractivity contribution in [1.82, 2.24) is 4.98 Å². The average molecular weight is 197 g/mol. The summed E-state index contributed by atoms with van der Waals surface area (Å²) >= 11 is 0. The Bertz CT molecular complexity index is 520. The fourth-order valence-corrected chi connectivity index (χ4v) is 2.22. The number of aryl methyl sites for hydroxylation is 2. The molecule has 0 fully saturated rings. The standard InChI is InChI=1S/C13H11NO/c15-12-5-1-3-9-6-7-11-10(13(9)12)4-2-8-14-11/h1-5,8,15H,6-7H2. The number of fused-ring (bicyclic) bond motifs is 3. The number of aromatic nitrogens is 1. The van der Waals surface area contributed by atoms with Gasteiger partial charge in [0, 0.05) is 23.0 Å². The Morgan fingerprint density at radius 1 is 1.07 bits per heavy atom. The van der Waals surface area contributed by atoms with Gasteiger partial charge in [0.2, 0.25) is 0 Å². The van der Waals surface area contributed by atoms with Gasteiger partial charge in [-0.3, -0.25) is 4.98 Å². The van der Waals surface area contributed by atoms with Crippen molar-refractivity contribution in [2.24, 2.45) is 0 Å². The highest BCUT2D eigenvalue weighted by Gasteiger charge is 2.18. The molecule has 0 aliphatic heterocycles. The van der Waals surface area contributed by atoms with Crippen LogP contribution in [0.3, 0.4) is 0 Å². The van der Waals surface area contributed by atoms with E-state index in [0.717, 1.165) is 29.7 Å².